The van der Waals surface area contributed by atoms with Crippen LogP contribution in [0.5, 0.6) is 5.75 Å². The summed E-state index contributed by atoms with van der Waals surface area (Å²) in [6, 6.07) is 8.09. The molecule has 0 heterocycles. The highest BCUT2D eigenvalue weighted by atomic mass is 16.5. The molecule has 0 aliphatic carbocycles. The average molecular weight is 277 g/mol. The molecule has 0 radical (unpaired) electrons. The monoisotopic (exact) mass is 277 g/mol. The Morgan fingerprint density at radius 2 is 1.90 bits per heavy atom. The summed E-state index contributed by atoms with van der Waals surface area (Å²) in [6.07, 6.45) is 3.61. The molecule has 0 bridgehead atoms. The molecule has 1 amide bonds. The molecule has 3 heteroatoms. The summed E-state index contributed by atoms with van der Waals surface area (Å²) >= 11 is 0. The van der Waals surface area contributed by atoms with Gasteiger partial charge in [0.25, 0.3) is 0 Å². The van der Waals surface area contributed by atoms with E-state index in [-0.39, 0.29) is 11.3 Å². The molecule has 0 aliphatic heterocycles. The van der Waals surface area contributed by atoms with Gasteiger partial charge in [-0.15, -0.1) is 0 Å². The second-order valence-electron chi connectivity index (χ2n) is 6.36. The van der Waals surface area contributed by atoms with E-state index in [1.807, 2.05) is 18.2 Å². The number of benzene rings is 1. The molecule has 0 atom stereocenters. The van der Waals surface area contributed by atoms with Crippen LogP contribution in [0.3, 0.4) is 0 Å². The van der Waals surface area contributed by atoms with Crippen LogP contribution in [-0.2, 0) is 11.2 Å². The first-order chi connectivity index (χ1) is 9.42. The SMILES string of the molecule is COc1ccccc1CCCCNC(=O)CC(C)(C)C. The third kappa shape index (κ3) is 6.60. The second-order valence-corrected chi connectivity index (χ2v) is 6.36. The summed E-state index contributed by atoms with van der Waals surface area (Å²) in [4.78, 5) is 11.7. The van der Waals surface area contributed by atoms with Gasteiger partial charge in [0.2, 0.25) is 5.91 Å². The number of rotatable bonds is 7. The van der Waals surface area contributed by atoms with Gasteiger partial charge in [-0.3, -0.25) is 4.79 Å². The summed E-state index contributed by atoms with van der Waals surface area (Å²) in [6.45, 7) is 6.99. The first-order valence-corrected chi connectivity index (χ1v) is 7.31. The number of ether oxygens (including phenoxy) is 1. The summed E-state index contributed by atoms with van der Waals surface area (Å²) in [7, 11) is 1.70. The van der Waals surface area contributed by atoms with Crippen LogP contribution in [0.4, 0.5) is 0 Å². The van der Waals surface area contributed by atoms with Crippen LogP contribution in [0.1, 0.15) is 45.6 Å². The van der Waals surface area contributed by atoms with Crippen molar-refractivity contribution >= 4 is 5.91 Å². The largest absolute Gasteiger partial charge is 0.496 e. The van der Waals surface area contributed by atoms with E-state index < -0.39 is 0 Å². The first-order valence-electron chi connectivity index (χ1n) is 7.31. The zero-order valence-corrected chi connectivity index (χ0v) is 13.2. The van der Waals surface area contributed by atoms with Gasteiger partial charge in [-0.05, 0) is 36.3 Å². The second kappa shape index (κ2) is 7.93. The predicted molar refractivity (Wildman–Crippen MR) is 83.0 cm³/mol. The Hall–Kier alpha value is -1.51. The third-order valence-electron chi connectivity index (χ3n) is 3.08. The Bertz CT molecular complexity index is 421. The van der Waals surface area contributed by atoms with Crippen molar-refractivity contribution in [3.8, 4) is 5.75 Å². The maximum atomic E-state index is 11.7. The van der Waals surface area contributed by atoms with E-state index in [2.05, 4.69) is 32.2 Å². The summed E-state index contributed by atoms with van der Waals surface area (Å²) in [5.74, 6) is 1.10. The summed E-state index contributed by atoms with van der Waals surface area (Å²) in [5.41, 5.74) is 1.29. The molecule has 1 rings (SSSR count). The third-order valence-corrected chi connectivity index (χ3v) is 3.08. The number of carbonyl (C=O) groups excluding carboxylic acids is 1. The lowest BCUT2D eigenvalue weighted by Crippen LogP contribution is -2.28. The standard InChI is InChI=1S/C17H27NO2/c1-17(2,3)13-16(19)18-12-8-7-10-14-9-5-6-11-15(14)20-4/h5-6,9,11H,7-8,10,12-13H2,1-4H3,(H,18,19). The molecular weight excluding hydrogens is 250 g/mol. The zero-order chi connectivity index (χ0) is 15.0. The molecule has 0 fully saturated rings. The number of methoxy groups -OCH3 is 1. The lowest BCUT2D eigenvalue weighted by atomic mass is 9.92. The van der Waals surface area contributed by atoms with Crippen LogP contribution in [0.15, 0.2) is 24.3 Å². The smallest absolute Gasteiger partial charge is 0.220 e. The van der Waals surface area contributed by atoms with E-state index in [1.54, 1.807) is 7.11 Å². The molecule has 0 unspecified atom stereocenters. The predicted octanol–water partition coefficient (Wildman–Crippen LogP) is 3.57. The number of aryl methyl sites for hydroxylation is 1. The molecule has 1 aromatic carbocycles. The molecule has 112 valence electrons. The van der Waals surface area contributed by atoms with Crippen LogP contribution in [-0.4, -0.2) is 19.6 Å². The molecular formula is C17H27NO2. The minimum Gasteiger partial charge on any atom is -0.496 e. The van der Waals surface area contributed by atoms with Crippen molar-refractivity contribution in [1.82, 2.24) is 5.32 Å². The molecule has 1 aromatic rings. The Kier molecular flexibility index (Phi) is 6.56. The van der Waals surface area contributed by atoms with Crippen molar-refractivity contribution in [3.63, 3.8) is 0 Å². The minimum atomic E-state index is 0.0570. The van der Waals surface area contributed by atoms with Crippen LogP contribution in [0.25, 0.3) is 0 Å². The number of unbranched alkanes of at least 4 members (excludes halogenated alkanes) is 1. The number of para-hydroxylation sites is 1. The Balaban J connectivity index is 2.21. The van der Waals surface area contributed by atoms with Crippen molar-refractivity contribution in [3.05, 3.63) is 29.8 Å². The molecule has 0 aromatic heterocycles. The molecule has 0 spiro atoms. The maximum Gasteiger partial charge on any atom is 0.220 e. The quantitative estimate of drug-likeness (QED) is 0.774. The van der Waals surface area contributed by atoms with Gasteiger partial charge in [0.05, 0.1) is 7.11 Å². The van der Waals surface area contributed by atoms with E-state index in [4.69, 9.17) is 4.74 Å². The van der Waals surface area contributed by atoms with Crippen molar-refractivity contribution < 1.29 is 9.53 Å². The van der Waals surface area contributed by atoms with Crippen LogP contribution >= 0.6 is 0 Å². The minimum absolute atomic E-state index is 0.0570. The van der Waals surface area contributed by atoms with Gasteiger partial charge in [0.1, 0.15) is 5.75 Å². The first kappa shape index (κ1) is 16.5. The lowest BCUT2D eigenvalue weighted by Gasteiger charge is -2.17. The van der Waals surface area contributed by atoms with Crippen LogP contribution in [0, 0.1) is 5.41 Å². The molecule has 0 saturated heterocycles. The van der Waals surface area contributed by atoms with Gasteiger partial charge in [0.15, 0.2) is 0 Å². The Morgan fingerprint density at radius 1 is 1.20 bits per heavy atom. The van der Waals surface area contributed by atoms with Gasteiger partial charge >= 0.3 is 0 Å². The van der Waals surface area contributed by atoms with Crippen LogP contribution in [0.2, 0.25) is 0 Å². The highest BCUT2D eigenvalue weighted by Crippen LogP contribution is 2.19. The molecule has 0 aliphatic rings. The molecule has 1 N–H and O–H groups in total. The molecule has 0 saturated carbocycles. The van der Waals surface area contributed by atoms with Gasteiger partial charge < -0.3 is 10.1 Å². The summed E-state index contributed by atoms with van der Waals surface area (Å²) in [5, 5.41) is 2.98. The summed E-state index contributed by atoms with van der Waals surface area (Å²) < 4.78 is 5.33. The van der Waals surface area contributed by atoms with Crippen molar-refractivity contribution in [2.24, 2.45) is 5.41 Å². The number of nitrogens with one attached hydrogen (secondary N) is 1. The van der Waals surface area contributed by atoms with Gasteiger partial charge in [-0.2, -0.15) is 0 Å². The van der Waals surface area contributed by atoms with E-state index in [1.165, 1.54) is 5.56 Å². The Labute approximate surface area is 122 Å². The highest BCUT2D eigenvalue weighted by molar-refractivity contribution is 5.76. The lowest BCUT2D eigenvalue weighted by molar-refractivity contribution is -0.122. The fourth-order valence-electron chi connectivity index (χ4n) is 2.12. The van der Waals surface area contributed by atoms with E-state index >= 15 is 0 Å². The number of hydrogen-bond donors (Lipinski definition) is 1. The zero-order valence-electron chi connectivity index (χ0n) is 13.2. The fraction of sp³-hybridized carbons (Fsp3) is 0.588. The van der Waals surface area contributed by atoms with Gasteiger partial charge in [-0.25, -0.2) is 0 Å². The maximum absolute atomic E-state index is 11.7. The topological polar surface area (TPSA) is 38.3 Å². The fourth-order valence-corrected chi connectivity index (χ4v) is 2.12. The van der Waals surface area contributed by atoms with Crippen molar-refractivity contribution in [2.75, 3.05) is 13.7 Å². The van der Waals surface area contributed by atoms with Crippen molar-refractivity contribution in [1.29, 1.82) is 0 Å². The highest BCUT2D eigenvalue weighted by Gasteiger charge is 2.15. The van der Waals surface area contributed by atoms with Crippen molar-refractivity contribution in [2.45, 2.75) is 46.5 Å². The van der Waals surface area contributed by atoms with Gasteiger partial charge in [-0.1, -0.05) is 39.0 Å². The Morgan fingerprint density at radius 3 is 2.55 bits per heavy atom. The van der Waals surface area contributed by atoms with Crippen LogP contribution < -0.4 is 10.1 Å². The number of carbonyl (C=O) groups is 1. The molecule has 20 heavy (non-hydrogen) atoms. The van der Waals surface area contributed by atoms with E-state index in [0.717, 1.165) is 31.6 Å². The normalized spacial score (nSPS) is 11.2. The number of hydrogen-bond acceptors (Lipinski definition) is 2. The van der Waals surface area contributed by atoms with Gasteiger partial charge in [0, 0.05) is 13.0 Å². The average Bonchev–Trinajstić information content (AvgIpc) is 2.36. The molecule has 3 nitrogen and oxygen atoms in total. The van der Waals surface area contributed by atoms with E-state index in [9.17, 15) is 4.79 Å². The number of amides is 1. The van der Waals surface area contributed by atoms with E-state index in [0.29, 0.717) is 6.42 Å².